The molecule has 3 heterocycles. The first-order valence-electron chi connectivity index (χ1n) is 12.7. The minimum atomic E-state index is -0.390. The van der Waals surface area contributed by atoms with E-state index in [0.29, 0.717) is 44.4 Å². The van der Waals surface area contributed by atoms with E-state index in [4.69, 9.17) is 9.15 Å². The van der Waals surface area contributed by atoms with Gasteiger partial charge in [-0.05, 0) is 49.6 Å². The maximum absolute atomic E-state index is 13.5. The predicted molar refractivity (Wildman–Crippen MR) is 142 cm³/mol. The van der Waals surface area contributed by atoms with Gasteiger partial charge in [-0.3, -0.25) is 19.4 Å². The Morgan fingerprint density at radius 2 is 1.76 bits per heavy atom. The topological polar surface area (TPSA) is 133 Å². The molecule has 0 radical (unpaired) electrons. The third-order valence-electron chi connectivity index (χ3n) is 7.71. The van der Waals surface area contributed by atoms with Crippen LogP contribution in [0.5, 0.6) is 17.2 Å². The minimum absolute atomic E-state index is 0.0640. The van der Waals surface area contributed by atoms with Crippen molar-refractivity contribution in [3.05, 3.63) is 50.4 Å². The molecule has 0 saturated heterocycles. The monoisotopic (exact) mass is 503 g/mol. The van der Waals surface area contributed by atoms with Crippen LogP contribution in [0.25, 0.3) is 44.2 Å². The average Bonchev–Trinajstić information content (AvgIpc) is 3.40. The molecule has 6 rings (SSSR count). The molecule has 0 unspecified atom stereocenters. The van der Waals surface area contributed by atoms with E-state index in [0.717, 1.165) is 31.1 Å². The molecule has 0 spiro atoms. The number of hydrogen-bond donors (Lipinski definition) is 4. The van der Waals surface area contributed by atoms with E-state index in [9.17, 15) is 19.8 Å². The van der Waals surface area contributed by atoms with Crippen LogP contribution in [0, 0.1) is 6.92 Å². The van der Waals surface area contributed by atoms with E-state index in [1.54, 1.807) is 19.1 Å². The van der Waals surface area contributed by atoms with Gasteiger partial charge in [-0.25, -0.2) is 0 Å². The molecule has 2 aromatic carbocycles. The molecule has 5 aromatic rings. The molecule has 0 amide bonds. The molecule has 4 N–H and O–H groups in total. The fourth-order valence-electron chi connectivity index (χ4n) is 5.75. The van der Waals surface area contributed by atoms with Crippen molar-refractivity contribution in [2.45, 2.75) is 57.9 Å². The summed E-state index contributed by atoms with van der Waals surface area (Å²) in [6.07, 6.45) is 7.68. The van der Waals surface area contributed by atoms with Crippen LogP contribution in [0.15, 0.2) is 38.3 Å². The molecule has 3 aromatic heterocycles. The van der Waals surface area contributed by atoms with Gasteiger partial charge in [0.2, 0.25) is 5.75 Å². The van der Waals surface area contributed by atoms with Crippen molar-refractivity contribution < 1.29 is 19.4 Å². The minimum Gasteiger partial charge on any atom is -0.504 e. The first-order valence-corrected chi connectivity index (χ1v) is 12.7. The molecular weight excluding hydrogens is 474 g/mol. The lowest BCUT2D eigenvalue weighted by molar-refractivity contribution is 0.351. The Labute approximate surface area is 211 Å². The van der Waals surface area contributed by atoms with Crippen molar-refractivity contribution >= 4 is 33.1 Å². The van der Waals surface area contributed by atoms with E-state index >= 15 is 0 Å². The summed E-state index contributed by atoms with van der Waals surface area (Å²) >= 11 is 0. The van der Waals surface area contributed by atoms with E-state index < -0.39 is 5.75 Å². The number of methoxy groups -OCH3 is 1. The largest absolute Gasteiger partial charge is 0.504 e. The zero-order valence-electron chi connectivity index (χ0n) is 20.8. The lowest BCUT2D eigenvalue weighted by atomic mass is 9.96. The maximum atomic E-state index is 13.5. The van der Waals surface area contributed by atoms with Crippen molar-refractivity contribution in [2.75, 3.05) is 7.11 Å². The second kappa shape index (κ2) is 8.76. The fourth-order valence-corrected chi connectivity index (χ4v) is 5.75. The van der Waals surface area contributed by atoms with Crippen LogP contribution < -0.4 is 15.7 Å². The van der Waals surface area contributed by atoms with Gasteiger partial charge in [-0.15, -0.1) is 0 Å². The van der Waals surface area contributed by atoms with Crippen LogP contribution in [0.3, 0.4) is 0 Å². The summed E-state index contributed by atoms with van der Waals surface area (Å²) in [4.78, 5) is 29.4. The normalized spacial score (nSPS) is 15.4. The predicted octanol–water partition coefficient (Wildman–Crippen LogP) is 5.60. The number of aromatic nitrogens is 3. The van der Waals surface area contributed by atoms with Crippen molar-refractivity contribution in [2.24, 2.45) is 0 Å². The summed E-state index contributed by atoms with van der Waals surface area (Å²) in [6.45, 7) is 1.71. The number of nitrogens with zero attached hydrogens (tertiary/aromatic N) is 1. The molecule has 9 nitrogen and oxygen atoms in total. The van der Waals surface area contributed by atoms with Crippen LogP contribution in [0.4, 0.5) is 0 Å². The van der Waals surface area contributed by atoms with Crippen molar-refractivity contribution in [3.63, 3.8) is 0 Å². The number of aromatic hydroxyl groups is 2. The molecular formula is C28H29N3O6. The number of rotatable bonds is 3. The van der Waals surface area contributed by atoms with E-state index in [1.165, 1.54) is 38.5 Å². The van der Waals surface area contributed by atoms with Crippen molar-refractivity contribution in [1.29, 1.82) is 0 Å². The number of phenolic OH excluding ortho intramolecular Hbond substituents is 2. The molecule has 0 atom stereocenters. The van der Waals surface area contributed by atoms with Crippen LogP contribution in [0.2, 0.25) is 0 Å². The van der Waals surface area contributed by atoms with Gasteiger partial charge in [0.1, 0.15) is 11.2 Å². The lowest BCUT2D eigenvalue weighted by Crippen LogP contribution is -2.15. The molecule has 1 saturated carbocycles. The Morgan fingerprint density at radius 3 is 2.49 bits per heavy atom. The van der Waals surface area contributed by atoms with Gasteiger partial charge in [-0.1, -0.05) is 32.1 Å². The van der Waals surface area contributed by atoms with E-state index in [-0.39, 0.29) is 28.5 Å². The Bertz CT molecular complexity index is 1780. The summed E-state index contributed by atoms with van der Waals surface area (Å²) in [5.74, 6) is -0.707. The van der Waals surface area contributed by atoms with Gasteiger partial charge in [-0.2, -0.15) is 0 Å². The molecule has 9 heteroatoms. The highest BCUT2D eigenvalue weighted by molar-refractivity contribution is 6.15. The zero-order chi connectivity index (χ0) is 25.8. The summed E-state index contributed by atoms with van der Waals surface area (Å²) in [6, 6.07) is 6.32. The highest BCUT2D eigenvalue weighted by Gasteiger charge is 2.26. The second-order valence-electron chi connectivity index (χ2n) is 9.95. The second-order valence-corrected chi connectivity index (χ2v) is 9.95. The number of fused-ring (bicyclic) bond motifs is 4. The highest BCUT2D eigenvalue weighted by Crippen LogP contribution is 2.45. The molecule has 192 valence electrons. The number of pyridine rings is 1. The van der Waals surface area contributed by atoms with Gasteiger partial charge in [0.25, 0.3) is 5.56 Å². The maximum Gasteiger partial charge on any atom is 0.274 e. The molecule has 1 aliphatic rings. The lowest BCUT2D eigenvalue weighted by Gasteiger charge is -2.21. The Kier molecular flexibility index (Phi) is 5.51. The summed E-state index contributed by atoms with van der Waals surface area (Å²) < 4.78 is 13.5. The van der Waals surface area contributed by atoms with Crippen LogP contribution in [0.1, 0.15) is 56.6 Å². The van der Waals surface area contributed by atoms with Gasteiger partial charge < -0.3 is 24.4 Å². The van der Waals surface area contributed by atoms with Gasteiger partial charge in [0.05, 0.1) is 24.1 Å². The Balaban J connectivity index is 1.75. The fraction of sp³-hybridized carbons (Fsp3) is 0.357. The summed E-state index contributed by atoms with van der Waals surface area (Å²) in [5, 5.41) is 24.9. The van der Waals surface area contributed by atoms with Crippen LogP contribution in [-0.4, -0.2) is 32.1 Å². The van der Waals surface area contributed by atoms with Crippen molar-refractivity contribution in [3.8, 4) is 28.4 Å². The number of nitrogens with one attached hydrogen (secondary N) is 2. The number of hydrogen-bond acceptors (Lipinski definition) is 6. The summed E-state index contributed by atoms with van der Waals surface area (Å²) in [7, 11) is 1.39. The smallest absolute Gasteiger partial charge is 0.274 e. The highest BCUT2D eigenvalue weighted by atomic mass is 16.5. The van der Waals surface area contributed by atoms with Gasteiger partial charge in [0.15, 0.2) is 22.5 Å². The number of benzene rings is 2. The Morgan fingerprint density at radius 1 is 1.03 bits per heavy atom. The number of H-pyrrole nitrogens is 2. The first kappa shape index (κ1) is 23.3. The van der Waals surface area contributed by atoms with Crippen LogP contribution in [-0.2, 0) is 0 Å². The molecule has 37 heavy (non-hydrogen) atoms. The third-order valence-corrected chi connectivity index (χ3v) is 7.71. The molecule has 0 aliphatic heterocycles. The van der Waals surface area contributed by atoms with Gasteiger partial charge in [0, 0.05) is 16.5 Å². The number of aryl methyl sites for hydroxylation is 1. The number of phenols is 2. The number of aromatic amines is 2. The zero-order valence-corrected chi connectivity index (χ0v) is 20.8. The van der Waals surface area contributed by atoms with E-state index in [2.05, 4.69) is 10.1 Å². The third kappa shape index (κ3) is 3.60. The SMILES string of the molecule is COc1cc(-c2c3oc4c(C)c(=O)ccc4c3[nH]c3c2c(=O)[nH]n3C2CCCCCCC2)cc(O)c1O. The van der Waals surface area contributed by atoms with E-state index in [1.807, 2.05) is 4.68 Å². The average molecular weight is 504 g/mol. The Hall–Kier alpha value is -4.14. The van der Waals surface area contributed by atoms with Crippen LogP contribution >= 0.6 is 0 Å². The van der Waals surface area contributed by atoms with Gasteiger partial charge >= 0.3 is 0 Å². The molecule has 1 fully saturated rings. The molecule has 1 aliphatic carbocycles. The first-order chi connectivity index (χ1) is 17.9. The number of ether oxygens (including phenoxy) is 1. The van der Waals surface area contributed by atoms with Crippen molar-refractivity contribution in [1.82, 2.24) is 14.8 Å². The molecule has 0 bridgehead atoms. The standard InChI is InChI=1S/C28H29N3O6/c1-14-18(32)11-10-17-23-26(37-25(14)17)21(15-12-19(33)24(34)20(13-15)36-2)22-27(29-23)31(30-28(22)35)16-8-6-4-3-5-7-9-16/h10-13,16,29,33-34H,3-9H2,1-2H3,(H,30,35). The quantitative estimate of drug-likeness (QED) is 0.237. The summed E-state index contributed by atoms with van der Waals surface area (Å²) in [5.41, 5.74) is 3.02. The number of furan rings is 1.